The molecular weight excluding hydrogens is 314 g/mol. The highest BCUT2D eigenvalue weighted by atomic mass is 16.3. The number of aryl methyl sites for hydroxylation is 1. The number of nitrogens with zero attached hydrogens (tertiary/aromatic N) is 2. The van der Waals surface area contributed by atoms with Crippen molar-refractivity contribution in [1.82, 2.24) is 14.5 Å². The molecule has 0 saturated heterocycles. The molecule has 0 amide bonds. The maximum Gasteiger partial charge on any atom is 0.198 e. The van der Waals surface area contributed by atoms with Crippen LogP contribution in [0.15, 0.2) is 49.1 Å². The van der Waals surface area contributed by atoms with Crippen LogP contribution in [0, 0.1) is 5.92 Å². The van der Waals surface area contributed by atoms with Crippen molar-refractivity contribution in [3.8, 4) is 5.88 Å². The summed E-state index contributed by atoms with van der Waals surface area (Å²) in [4.78, 5) is 7.11. The molecule has 0 spiro atoms. The lowest BCUT2D eigenvalue weighted by Crippen LogP contribution is -2.33. The van der Waals surface area contributed by atoms with Crippen molar-refractivity contribution in [2.45, 2.75) is 19.4 Å². The number of hydrogen-bond donors (Lipinski definition) is 3. The fraction of sp³-hybridized carbons (Fsp3) is 0.250. The van der Waals surface area contributed by atoms with Crippen molar-refractivity contribution in [3.05, 3.63) is 60.3 Å². The van der Waals surface area contributed by atoms with Gasteiger partial charge in [-0.2, -0.15) is 0 Å². The fourth-order valence-corrected chi connectivity index (χ4v) is 3.58. The Morgan fingerprint density at radius 3 is 2.60 bits per heavy atom. The monoisotopic (exact) mass is 335 g/mol. The van der Waals surface area contributed by atoms with Crippen LogP contribution < -0.4 is 0 Å². The van der Waals surface area contributed by atoms with Gasteiger partial charge in [0.05, 0.1) is 18.2 Å². The van der Waals surface area contributed by atoms with Crippen LogP contribution in [0.25, 0.3) is 21.5 Å². The molecule has 0 aliphatic rings. The van der Waals surface area contributed by atoms with E-state index in [9.17, 15) is 10.2 Å². The van der Waals surface area contributed by atoms with E-state index in [-0.39, 0.29) is 11.8 Å². The van der Waals surface area contributed by atoms with Crippen LogP contribution in [-0.4, -0.2) is 24.7 Å². The van der Waals surface area contributed by atoms with E-state index in [1.54, 1.807) is 17.1 Å². The zero-order valence-corrected chi connectivity index (χ0v) is 14.5. The molecule has 0 fully saturated rings. The van der Waals surface area contributed by atoms with Crippen LogP contribution in [0.2, 0.25) is 0 Å². The number of hydrogen-bond acceptors (Lipinski definition) is 3. The summed E-state index contributed by atoms with van der Waals surface area (Å²) < 4.78 is 1.71. The number of benzene rings is 2. The van der Waals surface area contributed by atoms with Gasteiger partial charge in [-0.3, -0.25) is 0 Å². The molecule has 1 unspecified atom stereocenters. The third kappa shape index (κ3) is 2.23. The van der Waals surface area contributed by atoms with E-state index in [4.69, 9.17) is 0 Å². The Morgan fingerprint density at radius 1 is 1.12 bits per heavy atom. The van der Waals surface area contributed by atoms with E-state index in [0.717, 1.165) is 27.1 Å². The van der Waals surface area contributed by atoms with Crippen molar-refractivity contribution < 1.29 is 10.2 Å². The van der Waals surface area contributed by atoms with Gasteiger partial charge in [0.1, 0.15) is 5.60 Å². The zero-order chi connectivity index (χ0) is 17.8. The van der Waals surface area contributed by atoms with Gasteiger partial charge in [-0.25, -0.2) is 4.98 Å². The van der Waals surface area contributed by atoms with Crippen molar-refractivity contribution in [2.24, 2.45) is 13.0 Å². The molecule has 2 aromatic heterocycles. The molecule has 3 N–H and O–H groups in total. The molecule has 5 heteroatoms. The van der Waals surface area contributed by atoms with Crippen LogP contribution in [-0.2, 0) is 12.6 Å². The van der Waals surface area contributed by atoms with Gasteiger partial charge in [-0.1, -0.05) is 26.0 Å². The minimum Gasteiger partial charge on any atom is -0.494 e. The molecule has 4 rings (SSSR count). The lowest BCUT2D eigenvalue weighted by Gasteiger charge is -2.32. The Hall–Kier alpha value is -2.79. The molecule has 2 heterocycles. The van der Waals surface area contributed by atoms with Crippen molar-refractivity contribution in [1.29, 1.82) is 0 Å². The van der Waals surface area contributed by atoms with Gasteiger partial charge in [0.25, 0.3) is 0 Å². The number of aromatic hydroxyl groups is 1. The van der Waals surface area contributed by atoms with E-state index in [1.807, 2.05) is 57.4 Å². The molecule has 0 radical (unpaired) electrons. The molecule has 0 saturated carbocycles. The summed E-state index contributed by atoms with van der Waals surface area (Å²) >= 11 is 0. The number of aromatic nitrogens is 3. The van der Waals surface area contributed by atoms with E-state index in [2.05, 4.69) is 9.97 Å². The molecule has 0 aliphatic heterocycles. The van der Waals surface area contributed by atoms with Crippen molar-refractivity contribution >= 4 is 21.5 Å². The normalized spacial score (nSPS) is 14.4. The molecular formula is C20H21N3O2. The minimum atomic E-state index is -1.14. The Bertz CT molecular complexity index is 1060. The summed E-state index contributed by atoms with van der Waals surface area (Å²) in [6.45, 7) is 3.98. The molecule has 0 bridgehead atoms. The summed E-state index contributed by atoms with van der Waals surface area (Å²) in [5, 5.41) is 25.4. The topological polar surface area (TPSA) is 74.1 Å². The maximum atomic E-state index is 11.4. The number of imidazole rings is 1. The van der Waals surface area contributed by atoms with Gasteiger partial charge in [0, 0.05) is 24.0 Å². The Morgan fingerprint density at radius 2 is 1.92 bits per heavy atom. The van der Waals surface area contributed by atoms with E-state index in [0.29, 0.717) is 5.69 Å². The third-order valence-electron chi connectivity index (χ3n) is 5.10. The standard InChI is InChI=1S/C20H21N3O2/c1-12(2)20(25,18-9-21-11-22-18)16-5-4-13-8-17-15(6-14(13)7-16)10-23(3)19(17)24/h4-12,24-25H,1-3H3,(H,21,22). The summed E-state index contributed by atoms with van der Waals surface area (Å²) in [6, 6.07) is 9.96. The number of aromatic amines is 1. The average Bonchev–Trinajstić information content (AvgIpc) is 3.21. The van der Waals surface area contributed by atoms with Gasteiger partial charge >= 0.3 is 0 Å². The van der Waals surface area contributed by atoms with Crippen LogP contribution >= 0.6 is 0 Å². The number of aliphatic hydroxyl groups is 1. The number of rotatable bonds is 3. The number of fused-ring (bicyclic) bond motifs is 2. The van der Waals surface area contributed by atoms with E-state index in [1.165, 1.54) is 0 Å². The first-order valence-electron chi connectivity index (χ1n) is 8.34. The lowest BCUT2D eigenvalue weighted by atomic mass is 9.80. The van der Waals surface area contributed by atoms with Crippen LogP contribution in [0.5, 0.6) is 5.88 Å². The molecule has 5 nitrogen and oxygen atoms in total. The average molecular weight is 335 g/mol. The van der Waals surface area contributed by atoms with E-state index >= 15 is 0 Å². The summed E-state index contributed by atoms with van der Waals surface area (Å²) in [5.74, 6) is 0.229. The predicted octanol–water partition coefficient (Wildman–Crippen LogP) is 3.65. The highest BCUT2D eigenvalue weighted by molar-refractivity contribution is 6.01. The van der Waals surface area contributed by atoms with Gasteiger partial charge in [-0.05, 0) is 40.5 Å². The molecule has 0 aliphatic carbocycles. The summed E-state index contributed by atoms with van der Waals surface area (Å²) in [6.07, 6.45) is 5.16. The lowest BCUT2D eigenvalue weighted by molar-refractivity contribution is 0.0281. The SMILES string of the molecule is CC(C)C(O)(c1ccc2cc3c(O)n(C)cc3cc2c1)c1cnc[nH]1. The molecule has 2 aromatic carbocycles. The largest absolute Gasteiger partial charge is 0.494 e. The Balaban J connectivity index is 1.95. The van der Waals surface area contributed by atoms with Gasteiger partial charge < -0.3 is 19.8 Å². The Labute approximate surface area is 145 Å². The quantitative estimate of drug-likeness (QED) is 0.535. The van der Waals surface area contributed by atoms with Crippen molar-refractivity contribution in [2.75, 3.05) is 0 Å². The summed E-state index contributed by atoms with van der Waals surface area (Å²) in [7, 11) is 1.82. The maximum absolute atomic E-state index is 11.4. The zero-order valence-electron chi connectivity index (χ0n) is 14.5. The molecule has 128 valence electrons. The smallest absolute Gasteiger partial charge is 0.198 e. The molecule has 1 atom stereocenters. The van der Waals surface area contributed by atoms with Crippen LogP contribution in [0.4, 0.5) is 0 Å². The van der Waals surface area contributed by atoms with E-state index < -0.39 is 5.60 Å². The molecule has 4 aromatic rings. The number of H-pyrrole nitrogens is 1. The van der Waals surface area contributed by atoms with Crippen LogP contribution in [0.3, 0.4) is 0 Å². The first-order valence-corrected chi connectivity index (χ1v) is 8.34. The minimum absolute atomic E-state index is 0.0325. The third-order valence-corrected chi connectivity index (χ3v) is 5.10. The highest BCUT2D eigenvalue weighted by Crippen LogP contribution is 2.38. The van der Waals surface area contributed by atoms with Gasteiger partial charge in [-0.15, -0.1) is 0 Å². The Kier molecular flexibility index (Phi) is 3.37. The second-order valence-corrected chi connectivity index (χ2v) is 6.95. The first kappa shape index (κ1) is 15.7. The van der Waals surface area contributed by atoms with Crippen LogP contribution in [0.1, 0.15) is 25.1 Å². The fourth-order valence-electron chi connectivity index (χ4n) is 3.58. The second-order valence-electron chi connectivity index (χ2n) is 6.95. The predicted molar refractivity (Wildman–Crippen MR) is 98.5 cm³/mol. The number of nitrogens with one attached hydrogen (secondary N) is 1. The second kappa shape index (κ2) is 5.36. The van der Waals surface area contributed by atoms with Gasteiger partial charge in [0.2, 0.25) is 0 Å². The molecule has 25 heavy (non-hydrogen) atoms. The van der Waals surface area contributed by atoms with Gasteiger partial charge in [0.15, 0.2) is 5.88 Å². The first-order chi connectivity index (χ1) is 11.9. The van der Waals surface area contributed by atoms with Crippen molar-refractivity contribution in [3.63, 3.8) is 0 Å². The summed E-state index contributed by atoms with van der Waals surface area (Å²) in [5.41, 5.74) is 0.359. The highest BCUT2D eigenvalue weighted by Gasteiger charge is 2.36.